The fourth-order valence-electron chi connectivity index (χ4n) is 3.78. The van der Waals surface area contributed by atoms with Gasteiger partial charge in [-0.15, -0.1) is 0 Å². The maximum Gasteiger partial charge on any atom is 0.269 e. The Bertz CT molecular complexity index is 1520. The third kappa shape index (κ3) is 3.87. The Balaban J connectivity index is 1.71. The molecule has 0 fully saturated rings. The standard InChI is InChI=1S/C22H18FIN7OP/c1-2-15(28-19-18-21(26-11-25-19)30(33-24)12-27-18)20-29-16-10-6-9-14(23)17(16)22(32)31(20)13-7-4-3-5-8-13/h3-12,15,33H,2H2,1H3,(H,25,26,28)/t15-/m0/s1. The molecule has 3 aromatic heterocycles. The summed E-state index contributed by atoms with van der Waals surface area (Å²) < 4.78 is 18.0. The number of hydrogen-bond donors (Lipinski definition) is 1. The first kappa shape index (κ1) is 21.8. The van der Waals surface area contributed by atoms with Crippen LogP contribution in [0, 0.1) is 5.82 Å². The van der Waals surface area contributed by atoms with Crippen LogP contribution in [0.3, 0.4) is 0 Å². The number of rotatable bonds is 6. The number of halogens is 2. The highest BCUT2D eigenvalue weighted by Gasteiger charge is 2.23. The Labute approximate surface area is 202 Å². The number of aromatic nitrogens is 6. The molecule has 8 nitrogen and oxygen atoms in total. The number of anilines is 1. The Morgan fingerprint density at radius 2 is 1.94 bits per heavy atom. The molecule has 0 aliphatic carbocycles. The molecule has 11 heteroatoms. The van der Waals surface area contributed by atoms with Crippen molar-refractivity contribution in [2.24, 2.45) is 0 Å². The van der Waals surface area contributed by atoms with E-state index in [1.165, 1.54) is 17.0 Å². The zero-order chi connectivity index (χ0) is 22.9. The van der Waals surface area contributed by atoms with Crippen molar-refractivity contribution in [3.63, 3.8) is 0 Å². The molecule has 0 radical (unpaired) electrons. The third-order valence-corrected chi connectivity index (χ3v) is 7.41. The van der Waals surface area contributed by atoms with Crippen LogP contribution in [-0.4, -0.2) is 28.8 Å². The van der Waals surface area contributed by atoms with Gasteiger partial charge in [0.2, 0.25) is 0 Å². The Kier molecular flexibility index (Phi) is 6.03. The first-order valence-electron chi connectivity index (χ1n) is 10.2. The van der Waals surface area contributed by atoms with E-state index < -0.39 is 17.4 Å². The normalized spacial score (nSPS) is 12.7. The van der Waals surface area contributed by atoms with E-state index >= 15 is 0 Å². The van der Waals surface area contributed by atoms with Crippen molar-refractivity contribution in [1.82, 2.24) is 28.8 Å². The summed E-state index contributed by atoms with van der Waals surface area (Å²) in [7, 11) is 0. The summed E-state index contributed by atoms with van der Waals surface area (Å²) in [6.07, 6.45) is 4.26. The van der Waals surface area contributed by atoms with Crippen LogP contribution >= 0.6 is 28.4 Å². The molecule has 0 saturated carbocycles. The van der Waals surface area contributed by atoms with E-state index in [1.807, 2.05) is 29.5 Å². The summed E-state index contributed by atoms with van der Waals surface area (Å²) in [6, 6.07) is 13.2. The molecule has 3 heterocycles. The number of hydrogen-bond acceptors (Lipinski definition) is 6. The van der Waals surface area contributed by atoms with Crippen LogP contribution in [0.2, 0.25) is 0 Å². The summed E-state index contributed by atoms with van der Waals surface area (Å²) in [5, 5.41) is 3.36. The summed E-state index contributed by atoms with van der Waals surface area (Å²) in [4.78, 5) is 31.5. The molecule has 0 aliphatic rings. The number of para-hydroxylation sites is 1. The minimum atomic E-state index is -0.593. The van der Waals surface area contributed by atoms with E-state index in [0.717, 1.165) is 5.65 Å². The molecule has 0 spiro atoms. The van der Waals surface area contributed by atoms with Gasteiger partial charge in [-0.05, 0) is 52.7 Å². The molecule has 0 amide bonds. The van der Waals surface area contributed by atoms with Crippen LogP contribution in [0.4, 0.5) is 10.2 Å². The molecule has 1 N–H and O–H groups in total. The second kappa shape index (κ2) is 9.11. The van der Waals surface area contributed by atoms with Gasteiger partial charge in [0.05, 0.1) is 23.6 Å². The van der Waals surface area contributed by atoms with Gasteiger partial charge in [-0.25, -0.2) is 24.3 Å². The predicted octanol–water partition coefficient (Wildman–Crippen LogP) is 5.02. The third-order valence-electron chi connectivity index (χ3n) is 5.34. The molecule has 33 heavy (non-hydrogen) atoms. The fourth-order valence-corrected chi connectivity index (χ4v) is 5.19. The summed E-state index contributed by atoms with van der Waals surface area (Å²) in [5.41, 5.74) is 1.83. The van der Waals surface area contributed by atoms with Gasteiger partial charge in [-0.3, -0.25) is 13.7 Å². The zero-order valence-corrected chi connectivity index (χ0v) is 20.6. The second-order valence-corrected chi connectivity index (χ2v) is 9.38. The lowest BCUT2D eigenvalue weighted by molar-refractivity contribution is 0.630. The summed E-state index contributed by atoms with van der Waals surface area (Å²) >= 11 is 2.27. The van der Waals surface area contributed by atoms with Crippen molar-refractivity contribution in [3.8, 4) is 5.69 Å². The molecule has 0 saturated heterocycles. The van der Waals surface area contributed by atoms with Gasteiger partial charge in [0.1, 0.15) is 29.7 Å². The van der Waals surface area contributed by atoms with Crippen LogP contribution in [0.5, 0.6) is 0 Å². The van der Waals surface area contributed by atoms with Crippen molar-refractivity contribution in [2.75, 3.05) is 5.32 Å². The van der Waals surface area contributed by atoms with Gasteiger partial charge in [-0.2, -0.15) is 0 Å². The average molecular weight is 573 g/mol. The largest absolute Gasteiger partial charge is 0.358 e. The van der Waals surface area contributed by atoms with E-state index in [1.54, 1.807) is 30.6 Å². The second-order valence-electron chi connectivity index (χ2n) is 7.28. The number of benzene rings is 2. The van der Waals surface area contributed by atoms with E-state index in [0.29, 0.717) is 41.2 Å². The first-order chi connectivity index (χ1) is 16.1. The molecule has 2 atom stereocenters. The lowest BCUT2D eigenvalue weighted by Gasteiger charge is -2.22. The van der Waals surface area contributed by atoms with Crippen LogP contribution < -0.4 is 10.9 Å². The number of nitrogens with one attached hydrogen (secondary N) is 1. The summed E-state index contributed by atoms with van der Waals surface area (Å²) in [5.74, 6) is 0.423. The van der Waals surface area contributed by atoms with Crippen molar-refractivity contribution in [1.29, 1.82) is 0 Å². The van der Waals surface area contributed by atoms with Crippen molar-refractivity contribution < 1.29 is 4.39 Å². The molecule has 5 aromatic rings. The highest BCUT2D eigenvalue weighted by atomic mass is 127. The quantitative estimate of drug-likeness (QED) is 0.227. The van der Waals surface area contributed by atoms with Gasteiger partial charge >= 0.3 is 0 Å². The monoisotopic (exact) mass is 573 g/mol. The highest BCUT2D eigenvalue weighted by Crippen LogP contribution is 2.31. The topological polar surface area (TPSA) is 90.5 Å². The molecule has 0 aliphatic heterocycles. The van der Waals surface area contributed by atoms with E-state index in [4.69, 9.17) is 4.98 Å². The lowest BCUT2D eigenvalue weighted by Crippen LogP contribution is -2.28. The first-order valence-corrected chi connectivity index (χ1v) is 14.3. The fraction of sp³-hybridized carbons (Fsp3) is 0.136. The zero-order valence-electron chi connectivity index (χ0n) is 17.4. The maximum absolute atomic E-state index is 14.6. The van der Waals surface area contributed by atoms with E-state index in [2.05, 4.69) is 42.3 Å². The van der Waals surface area contributed by atoms with Crippen molar-refractivity contribution in [2.45, 2.75) is 19.4 Å². The van der Waals surface area contributed by atoms with Gasteiger partial charge in [-0.1, -0.05) is 31.2 Å². The smallest absolute Gasteiger partial charge is 0.269 e. The van der Waals surface area contributed by atoms with Gasteiger partial charge in [0, 0.05) is 0 Å². The van der Waals surface area contributed by atoms with Gasteiger partial charge in [0.25, 0.3) is 5.56 Å². The van der Waals surface area contributed by atoms with Gasteiger partial charge in [0.15, 0.2) is 17.0 Å². The van der Waals surface area contributed by atoms with Crippen LogP contribution in [-0.2, 0) is 0 Å². The predicted molar refractivity (Wildman–Crippen MR) is 137 cm³/mol. The SMILES string of the molecule is CC[C@H](Nc1ncnc2c1ncn2PI)c1nc2cccc(F)c2c(=O)n1-c1ccccc1. The number of imidazole rings is 1. The molecular weight excluding hydrogens is 555 g/mol. The summed E-state index contributed by atoms with van der Waals surface area (Å²) in [6.45, 7) is 1.98. The molecule has 166 valence electrons. The Hall–Kier alpha value is -2.98. The Morgan fingerprint density at radius 1 is 1.12 bits per heavy atom. The molecule has 1 unspecified atom stereocenters. The van der Waals surface area contributed by atoms with E-state index in [9.17, 15) is 9.18 Å². The van der Waals surface area contributed by atoms with E-state index in [-0.39, 0.29) is 5.39 Å². The number of nitrogens with zero attached hydrogens (tertiary/aromatic N) is 6. The minimum Gasteiger partial charge on any atom is -0.358 e. The van der Waals surface area contributed by atoms with Crippen molar-refractivity contribution in [3.05, 3.63) is 83.2 Å². The maximum atomic E-state index is 14.6. The van der Waals surface area contributed by atoms with Crippen LogP contribution in [0.15, 0.2) is 66.0 Å². The van der Waals surface area contributed by atoms with Gasteiger partial charge < -0.3 is 5.32 Å². The molecule has 5 rings (SSSR count). The number of fused-ring (bicyclic) bond motifs is 2. The average Bonchev–Trinajstić information content (AvgIpc) is 3.27. The van der Waals surface area contributed by atoms with Crippen LogP contribution in [0.1, 0.15) is 25.2 Å². The Morgan fingerprint density at radius 3 is 2.70 bits per heavy atom. The molecule has 2 aromatic carbocycles. The highest BCUT2D eigenvalue weighted by molar-refractivity contribution is 14.2. The molecule has 0 bridgehead atoms. The van der Waals surface area contributed by atoms with Crippen molar-refractivity contribution >= 4 is 56.3 Å². The minimum absolute atomic E-state index is 0.0360. The van der Waals surface area contributed by atoms with Crippen LogP contribution in [0.25, 0.3) is 27.8 Å². The lowest BCUT2D eigenvalue weighted by atomic mass is 10.1. The molecular formula is C22H18FIN7OP.